The summed E-state index contributed by atoms with van der Waals surface area (Å²) in [5.41, 5.74) is 9.69. The molecule has 5 heteroatoms. The standard InChI is InChI=1S/C18H20ClN3O/c1-12-5-7-14(8-6-12)16-10-17(22-21-16)18(23)20-11-13-3-2-4-15(19)9-13/h2-9,16-17,21-22H,10-11H2,1H3,(H,20,23). The Hall–Kier alpha value is -1.88. The van der Waals surface area contributed by atoms with Crippen molar-refractivity contribution in [2.75, 3.05) is 0 Å². The van der Waals surface area contributed by atoms with Gasteiger partial charge in [-0.25, -0.2) is 10.9 Å². The molecule has 1 heterocycles. The van der Waals surface area contributed by atoms with Crippen LogP contribution >= 0.6 is 11.6 Å². The predicted octanol–water partition coefficient (Wildman–Crippen LogP) is 2.87. The third-order valence-corrected chi connectivity index (χ3v) is 4.29. The van der Waals surface area contributed by atoms with E-state index in [4.69, 9.17) is 11.6 Å². The van der Waals surface area contributed by atoms with Gasteiger partial charge in [0.1, 0.15) is 6.04 Å². The van der Waals surface area contributed by atoms with Crippen LogP contribution in [0.1, 0.15) is 29.2 Å². The fourth-order valence-electron chi connectivity index (χ4n) is 2.70. The number of benzene rings is 2. The van der Waals surface area contributed by atoms with Crippen LogP contribution in [0.4, 0.5) is 0 Å². The molecular weight excluding hydrogens is 310 g/mol. The molecule has 3 N–H and O–H groups in total. The monoisotopic (exact) mass is 329 g/mol. The van der Waals surface area contributed by atoms with Gasteiger partial charge < -0.3 is 5.32 Å². The zero-order valence-corrected chi connectivity index (χ0v) is 13.7. The zero-order valence-electron chi connectivity index (χ0n) is 13.0. The lowest BCUT2D eigenvalue weighted by Gasteiger charge is -2.11. The van der Waals surface area contributed by atoms with Gasteiger partial charge in [-0.15, -0.1) is 0 Å². The number of carbonyl (C=O) groups excluding carboxylic acids is 1. The van der Waals surface area contributed by atoms with Gasteiger partial charge in [0.2, 0.25) is 5.91 Å². The number of rotatable bonds is 4. The molecule has 2 aromatic rings. The van der Waals surface area contributed by atoms with E-state index in [0.29, 0.717) is 11.6 Å². The Balaban J connectivity index is 1.54. The van der Waals surface area contributed by atoms with Crippen molar-refractivity contribution in [3.05, 3.63) is 70.2 Å². The maximum absolute atomic E-state index is 12.3. The largest absolute Gasteiger partial charge is 0.351 e. The van der Waals surface area contributed by atoms with Gasteiger partial charge in [-0.05, 0) is 36.6 Å². The van der Waals surface area contributed by atoms with Crippen LogP contribution in [0.15, 0.2) is 48.5 Å². The molecule has 0 saturated carbocycles. The Labute approximate surface area is 141 Å². The van der Waals surface area contributed by atoms with Crippen LogP contribution in [0.2, 0.25) is 5.02 Å². The predicted molar refractivity (Wildman–Crippen MR) is 91.9 cm³/mol. The summed E-state index contributed by atoms with van der Waals surface area (Å²) in [6.45, 7) is 2.54. The quantitative estimate of drug-likeness (QED) is 0.808. The third kappa shape index (κ3) is 4.10. The second kappa shape index (κ2) is 7.13. The number of carbonyl (C=O) groups is 1. The average molecular weight is 330 g/mol. The topological polar surface area (TPSA) is 53.2 Å². The number of hydrogen-bond acceptors (Lipinski definition) is 3. The zero-order chi connectivity index (χ0) is 16.2. The van der Waals surface area contributed by atoms with Crippen LogP contribution in [-0.2, 0) is 11.3 Å². The Bertz CT molecular complexity index is 687. The van der Waals surface area contributed by atoms with Crippen molar-refractivity contribution in [3.8, 4) is 0 Å². The van der Waals surface area contributed by atoms with Gasteiger partial charge in [0, 0.05) is 17.6 Å². The van der Waals surface area contributed by atoms with Crippen LogP contribution in [0.5, 0.6) is 0 Å². The van der Waals surface area contributed by atoms with E-state index < -0.39 is 0 Å². The van der Waals surface area contributed by atoms with Gasteiger partial charge in [0.15, 0.2) is 0 Å². The molecule has 1 aliphatic heterocycles. The Morgan fingerprint density at radius 3 is 2.74 bits per heavy atom. The van der Waals surface area contributed by atoms with E-state index in [9.17, 15) is 4.79 Å². The molecule has 0 radical (unpaired) electrons. The highest BCUT2D eigenvalue weighted by Gasteiger charge is 2.29. The van der Waals surface area contributed by atoms with Crippen molar-refractivity contribution >= 4 is 17.5 Å². The molecule has 1 amide bonds. The summed E-state index contributed by atoms with van der Waals surface area (Å²) in [6.07, 6.45) is 0.727. The minimum Gasteiger partial charge on any atom is -0.351 e. The molecule has 2 atom stereocenters. The molecule has 0 aliphatic carbocycles. The normalized spacial score (nSPS) is 20.4. The van der Waals surface area contributed by atoms with Gasteiger partial charge >= 0.3 is 0 Å². The average Bonchev–Trinajstić information content (AvgIpc) is 3.03. The number of aryl methyl sites for hydroxylation is 1. The summed E-state index contributed by atoms with van der Waals surface area (Å²) >= 11 is 5.95. The van der Waals surface area contributed by atoms with E-state index in [1.807, 2.05) is 24.3 Å². The van der Waals surface area contributed by atoms with E-state index in [1.165, 1.54) is 11.1 Å². The minimum atomic E-state index is -0.236. The van der Waals surface area contributed by atoms with Gasteiger partial charge in [0.25, 0.3) is 0 Å². The lowest BCUT2D eigenvalue weighted by molar-refractivity contribution is -0.123. The highest BCUT2D eigenvalue weighted by Crippen LogP contribution is 2.22. The van der Waals surface area contributed by atoms with Gasteiger partial charge in [-0.2, -0.15) is 0 Å². The summed E-state index contributed by atoms with van der Waals surface area (Å²) in [5, 5.41) is 3.63. The molecule has 1 fully saturated rings. The van der Waals surface area contributed by atoms with Crippen molar-refractivity contribution in [3.63, 3.8) is 0 Å². The summed E-state index contributed by atoms with van der Waals surface area (Å²) in [4.78, 5) is 12.3. The molecule has 0 aromatic heterocycles. The van der Waals surface area contributed by atoms with Crippen LogP contribution in [-0.4, -0.2) is 11.9 Å². The fourth-order valence-corrected chi connectivity index (χ4v) is 2.92. The Morgan fingerprint density at radius 1 is 1.22 bits per heavy atom. The molecular formula is C18H20ClN3O. The van der Waals surface area contributed by atoms with Gasteiger partial charge in [-0.3, -0.25) is 4.79 Å². The first-order valence-corrected chi connectivity index (χ1v) is 8.09. The van der Waals surface area contributed by atoms with E-state index in [-0.39, 0.29) is 18.0 Å². The number of amides is 1. The van der Waals surface area contributed by atoms with Crippen LogP contribution in [0.3, 0.4) is 0 Å². The first-order valence-electron chi connectivity index (χ1n) is 7.71. The lowest BCUT2D eigenvalue weighted by atomic mass is 10.0. The van der Waals surface area contributed by atoms with Crippen molar-refractivity contribution in [1.82, 2.24) is 16.2 Å². The second-order valence-corrected chi connectivity index (χ2v) is 6.32. The first kappa shape index (κ1) is 16.0. The molecule has 2 aromatic carbocycles. The molecule has 4 nitrogen and oxygen atoms in total. The van der Waals surface area contributed by atoms with E-state index in [2.05, 4.69) is 47.4 Å². The number of hydrogen-bond donors (Lipinski definition) is 3. The molecule has 1 saturated heterocycles. The summed E-state index contributed by atoms with van der Waals surface area (Å²) in [5.74, 6) is -0.00733. The molecule has 120 valence electrons. The van der Waals surface area contributed by atoms with E-state index in [0.717, 1.165) is 12.0 Å². The Morgan fingerprint density at radius 2 is 2.00 bits per heavy atom. The maximum atomic E-state index is 12.3. The summed E-state index contributed by atoms with van der Waals surface area (Å²) in [7, 11) is 0. The Kier molecular flexibility index (Phi) is 4.96. The maximum Gasteiger partial charge on any atom is 0.238 e. The number of halogens is 1. The SMILES string of the molecule is Cc1ccc(C2CC(C(=O)NCc3cccc(Cl)c3)NN2)cc1. The molecule has 3 rings (SSSR count). The van der Waals surface area contributed by atoms with E-state index >= 15 is 0 Å². The number of hydrazine groups is 1. The van der Waals surface area contributed by atoms with Crippen LogP contribution < -0.4 is 16.2 Å². The first-order chi connectivity index (χ1) is 11.1. The van der Waals surface area contributed by atoms with E-state index in [1.54, 1.807) is 0 Å². The van der Waals surface area contributed by atoms with Crippen LogP contribution in [0.25, 0.3) is 0 Å². The third-order valence-electron chi connectivity index (χ3n) is 4.06. The minimum absolute atomic E-state index is 0.00733. The summed E-state index contributed by atoms with van der Waals surface area (Å²) < 4.78 is 0. The van der Waals surface area contributed by atoms with Crippen LogP contribution in [0, 0.1) is 6.92 Å². The number of nitrogens with one attached hydrogen (secondary N) is 3. The molecule has 0 spiro atoms. The highest BCUT2D eigenvalue weighted by atomic mass is 35.5. The highest BCUT2D eigenvalue weighted by molar-refractivity contribution is 6.30. The van der Waals surface area contributed by atoms with Gasteiger partial charge in [0.05, 0.1) is 0 Å². The van der Waals surface area contributed by atoms with Crippen molar-refractivity contribution in [1.29, 1.82) is 0 Å². The fraction of sp³-hybridized carbons (Fsp3) is 0.278. The smallest absolute Gasteiger partial charge is 0.238 e. The summed E-state index contributed by atoms with van der Waals surface area (Å²) in [6, 6.07) is 15.8. The molecule has 2 unspecified atom stereocenters. The molecule has 1 aliphatic rings. The van der Waals surface area contributed by atoms with Crippen molar-refractivity contribution < 1.29 is 4.79 Å². The second-order valence-electron chi connectivity index (χ2n) is 5.89. The molecule has 0 bridgehead atoms. The van der Waals surface area contributed by atoms with Crippen molar-refractivity contribution in [2.45, 2.75) is 32.0 Å². The molecule has 23 heavy (non-hydrogen) atoms. The van der Waals surface area contributed by atoms with Gasteiger partial charge in [-0.1, -0.05) is 53.6 Å². The van der Waals surface area contributed by atoms with Crippen molar-refractivity contribution in [2.24, 2.45) is 0 Å². The lowest BCUT2D eigenvalue weighted by Crippen LogP contribution is -2.42.